The van der Waals surface area contributed by atoms with Gasteiger partial charge in [0.25, 0.3) is 10.0 Å². The highest BCUT2D eigenvalue weighted by atomic mass is 32.2. The van der Waals surface area contributed by atoms with Gasteiger partial charge in [-0.2, -0.15) is 9.40 Å². The van der Waals surface area contributed by atoms with E-state index in [9.17, 15) is 13.2 Å². The second kappa shape index (κ2) is 5.62. The molecule has 0 fully saturated rings. The molecule has 0 bridgehead atoms. The van der Waals surface area contributed by atoms with Crippen LogP contribution in [-0.2, 0) is 16.6 Å². The van der Waals surface area contributed by atoms with Crippen LogP contribution in [0.15, 0.2) is 29.4 Å². The lowest BCUT2D eigenvalue weighted by Gasteiger charge is -2.16. The highest BCUT2D eigenvalue weighted by Gasteiger charge is 2.29. The van der Waals surface area contributed by atoms with Crippen LogP contribution in [0, 0.1) is 6.92 Å². The van der Waals surface area contributed by atoms with Gasteiger partial charge < -0.3 is 5.11 Å². The van der Waals surface area contributed by atoms with E-state index in [-0.39, 0.29) is 12.1 Å². The summed E-state index contributed by atoms with van der Waals surface area (Å²) in [7, 11) is -2.63. The Labute approximate surface area is 121 Å². The molecule has 0 unspecified atom stereocenters. The number of hydrogen-bond donors (Lipinski definition) is 2. The lowest BCUT2D eigenvalue weighted by atomic mass is 10.3. The molecule has 0 atom stereocenters. The molecule has 2 aromatic rings. The molecule has 2 aromatic heterocycles. The van der Waals surface area contributed by atoms with Crippen molar-refractivity contribution < 1.29 is 18.3 Å². The first-order valence-corrected chi connectivity index (χ1v) is 7.42. The van der Waals surface area contributed by atoms with Crippen molar-refractivity contribution in [2.75, 3.05) is 7.05 Å². The molecule has 0 saturated heterocycles. The molecule has 112 valence electrons. The number of sulfonamides is 1. The molecule has 0 aromatic carbocycles. The molecule has 0 aliphatic carbocycles. The molecule has 0 aliphatic rings. The van der Waals surface area contributed by atoms with Crippen LogP contribution in [0.2, 0.25) is 0 Å². The minimum absolute atomic E-state index is 0.0299. The van der Waals surface area contributed by atoms with Gasteiger partial charge in [-0.3, -0.25) is 10.1 Å². The zero-order valence-corrected chi connectivity index (χ0v) is 12.3. The van der Waals surface area contributed by atoms with Gasteiger partial charge in [-0.05, 0) is 19.1 Å². The number of carbonyl (C=O) groups is 1. The van der Waals surface area contributed by atoms with E-state index in [0.29, 0.717) is 5.69 Å². The quantitative estimate of drug-likeness (QED) is 0.836. The van der Waals surface area contributed by atoms with Crippen molar-refractivity contribution in [3.05, 3.63) is 41.3 Å². The van der Waals surface area contributed by atoms with Crippen molar-refractivity contribution in [3.63, 3.8) is 0 Å². The van der Waals surface area contributed by atoms with Crippen LogP contribution in [-0.4, -0.2) is 46.0 Å². The number of pyridine rings is 1. The van der Waals surface area contributed by atoms with Crippen molar-refractivity contribution in [2.45, 2.75) is 18.5 Å². The smallest absolute Gasteiger partial charge is 0.340 e. The molecule has 0 amide bonds. The van der Waals surface area contributed by atoms with E-state index < -0.39 is 21.0 Å². The zero-order chi connectivity index (χ0) is 15.6. The fourth-order valence-corrected chi connectivity index (χ4v) is 2.98. The fraction of sp³-hybridized carbons (Fsp3) is 0.250. The molecule has 2 rings (SSSR count). The number of aryl methyl sites for hydroxylation is 1. The summed E-state index contributed by atoms with van der Waals surface area (Å²) < 4.78 is 25.8. The SMILES string of the molecule is Cc1cccc(CN(C)S(=O)(=O)c2[nH]ncc2C(=O)O)n1. The van der Waals surface area contributed by atoms with Crippen LogP contribution < -0.4 is 0 Å². The number of nitrogens with zero attached hydrogens (tertiary/aromatic N) is 3. The maximum Gasteiger partial charge on any atom is 0.340 e. The average molecular weight is 310 g/mol. The third kappa shape index (κ3) is 3.09. The molecule has 21 heavy (non-hydrogen) atoms. The first kappa shape index (κ1) is 15.1. The Bertz CT molecular complexity index is 769. The molecule has 0 saturated carbocycles. The number of aromatic carboxylic acids is 1. The van der Waals surface area contributed by atoms with E-state index in [1.54, 1.807) is 25.1 Å². The summed E-state index contributed by atoms with van der Waals surface area (Å²) in [5.74, 6) is -1.36. The molecule has 2 heterocycles. The monoisotopic (exact) mass is 310 g/mol. The average Bonchev–Trinajstić information content (AvgIpc) is 2.88. The van der Waals surface area contributed by atoms with Gasteiger partial charge in [0.2, 0.25) is 0 Å². The number of carboxylic acids is 1. The third-order valence-corrected chi connectivity index (χ3v) is 4.61. The highest BCUT2D eigenvalue weighted by molar-refractivity contribution is 7.89. The lowest BCUT2D eigenvalue weighted by molar-refractivity contribution is 0.0692. The largest absolute Gasteiger partial charge is 0.478 e. The van der Waals surface area contributed by atoms with Gasteiger partial charge in [-0.25, -0.2) is 13.2 Å². The molecule has 8 nitrogen and oxygen atoms in total. The maximum absolute atomic E-state index is 12.4. The number of rotatable bonds is 5. The van der Waals surface area contributed by atoms with Crippen LogP contribution in [0.3, 0.4) is 0 Å². The predicted octanol–water partition coefficient (Wildman–Crippen LogP) is 0.632. The Morgan fingerprint density at radius 1 is 1.43 bits per heavy atom. The van der Waals surface area contributed by atoms with Gasteiger partial charge in [-0.1, -0.05) is 6.07 Å². The summed E-state index contributed by atoms with van der Waals surface area (Å²) >= 11 is 0. The number of nitrogens with one attached hydrogen (secondary N) is 1. The molecule has 2 N–H and O–H groups in total. The summed E-state index contributed by atoms with van der Waals surface area (Å²) in [5.41, 5.74) is 0.947. The van der Waals surface area contributed by atoms with Crippen LogP contribution in [0.1, 0.15) is 21.7 Å². The highest BCUT2D eigenvalue weighted by Crippen LogP contribution is 2.18. The first-order chi connectivity index (χ1) is 9.82. The van der Waals surface area contributed by atoms with Crippen LogP contribution in [0.5, 0.6) is 0 Å². The van der Waals surface area contributed by atoms with Crippen molar-refractivity contribution in [1.82, 2.24) is 19.5 Å². The summed E-state index contributed by atoms with van der Waals surface area (Å²) in [4.78, 5) is 15.2. The Hall–Kier alpha value is -2.26. The molecule has 0 spiro atoms. The van der Waals surface area contributed by atoms with Gasteiger partial charge in [0.15, 0.2) is 5.03 Å². The molecular weight excluding hydrogens is 296 g/mol. The van der Waals surface area contributed by atoms with E-state index in [4.69, 9.17) is 5.11 Å². The minimum atomic E-state index is -3.99. The van der Waals surface area contributed by atoms with E-state index >= 15 is 0 Å². The van der Waals surface area contributed by atoms with Crippen molar-refractivity contribution in [2.24, 2.45) is 0 Å². The second-order valence-corrected chi connectivity index (χ2v) is 6.43. The number of aromatic amines is 1. The standard InChI is InChI=1S/C12H14N4O4S/c1-8-4-3-5-9(14-8)7-16(2)21(19,20)11-10(12(17)18)6-13-15-11/h3-6H,7H2,1-2H3,(H,13,15)(H,17,18). The Morgan fingerprint density at radius 3 is 2.76 bits per heavy atom. The normalized spacial score (nSPS) is 11.8. The second-order valence-electron chi connectivity index (χ2n) is 4.45. The Balaban J connectivity index is 2.31. The predicted molar refractivity (Wildman–Crippen MR) is 73.2 cm³/mol. The van der Waals surface area contributed by atoms with Gasteiger partial charge >= 0.3 is 5.97 Å². The first-order valence-electron chi connectivity index (χ1n) is 5.98. The van der Waals surface area contributed by atoms with Crippen molar-refractivity contribution in [3.8, 4) is 0 Å². The van der Waals surface area contributed by atoms with Crippen LogP contribution >= 0.6 is 0 Å². The number of carboxylic acid groups (broad SMARTS) is 1. The van der Waals surface area contributed by atoms with E-state index in [0.717, 1.165) is 16.2 Å². The summed E-state index contributed by atoms with van der Waals surface area (Å²) in [5, 5.41) is 14.2. The fourth-order valence-electron chi connectivity index (χ4n) is 1.78. The molecule has 0 radical (unpaired) electrons. The summed E-state index contributed by atoms with van der Waals surface area (Å²) in [6.45, 7) is 1.83. The van der Waals surface area contributed by atoms with E-state index in [2.05, 4.69) is 15.2 Å². The van der Waals surface area contributed by atoms with Crippen molar-refractivity contribution in [1.29, 1.82) is 0 Å². The Kier molecular flexibility index (Phi) is 4.05. The summed E-state index contributed by atoms with van der Waals surface area (Å²) in [6.07, 6.45) is 0.966. The third-order valence-electron chi connectivity index (χ3n) is 2.83. The maximum atomic E-state index is 12.4. The molecular formula is C12H14N4O4S. The minimum Gasteiger partial charge on any atom is -0.478 e. The number of hydrogen-bond acceptors (Lipinski definition) is 5. The Morgan fingerprint density at radius 2 is 2.14 bits per heavy atom. The van der Waals surface area contributed by atoms with Crippen LogP contribution in [0.4, 0.5) is 0 Å². The number of aromatic nitrogens is 3. The lowest BCUT2D eigenvalue weighted by Crippen LogP contribution is -2.28. The molecule has 9 heteroatoms. The molecule has 0 aliphatic heterocycles. The van der Waals surface area contributed by atoms with E-state index in [1.807, 2.05) is 0 Å². The van der Waals surface area contributed by atoms with Crippen molar-refractivity contribution >= 4 is 16.0 Å². The topological polar surface area (TPSA) is 116 Å². The van der Waals surface area contributed by atoms with Gasteiger partial charge in [0.05, 0.1) is 18.4 Å². The van der Waals surface area contributed by atoms with Crippen LogP contribution in [0.25, 0.3) is 0 Å². The van der Waals surface area contributed by atoms with Gasteiger partial charge in [0, 0.05) is 12.7 Å². The zero-order valence-electron chi connectivity index (χ0n) is 11.4. The van der Waals surface area contributed by atoms with Gasteiger partial charge in [0.1, 0.15) is 5.56 Å². The van der Waals surface area contributed by atoms with E-state index in [1.165, 1.54) is 7.05 Å². The number of H-pyrrole nitrogens is 1. The van der Waals surface area contributed by atoms with Gasteiger partial charge in [-0.15, -0.1) is 0 Å². The summed E-state index contributed by atoms with van der Waals surface area (Å²) in [6, 6.07) is 5.27.